The van der Waals surface area contributed by atoms with Crippen LogP contribution in [-0.2, 0) is 0 Å². The maximum atomic E-state index is 6.14. The third-order valence-corrected chi connectivity index (χ3v) is 7.00. The van der Waals surface area contributed by atoms with Crippen LogP contribution in [0.3, 0.4) is 0 Å². The molecular formula is C21H33N3. The first kappa shape index (κ1) is 16.3. The first-order chi connectivity index (χ1) is 11.6. The van der Waals surface area contributed by atoms with Crippen LogP contribution in [0.4, 0.5) is 11.4 Å². The van der Waals surface area contributed by atoms with Gasteiger partial charge in [-0.15, -0.1) is 0 Å². The second-order valence-electron chi connectivity index (χ2n) is 8.63. The third-order valence-electron chi connectivity index (χ3n) is 7.00. The summed E-state index contributed by atoms with van der Waals surface area (Å²) in [5.74, 6) is 1.82. The van der Waals surface area contributed by atoms with E-state index in [0.717, 1.165) is 41.3 Å². The molecule has 0 aromatic heterocycles. The van der Waals surface area contributed by atoms with E-state index in [9.17, 15) is 0 Å². The minimum absolute atomic E-state index is 0.580. The topological polar surface area (TPSA) is 41.3 Å². The summed E-state index contributed by atoms with van der Waals surface area (Å²) in [6.07, 6.45) is 9.75. The van der Waals surface area contributed by atoms with Crippen molar-refractivity contribution in [3.05, 3.63) is 24.3 Å². The lowest BCUT2D eigenvalue weighted by Crippen LogP contribution is -2.44. The van der Waals surface area contributed by atoms with Gasteiger partial charge in [-0.05, 0) is 68.9 Å². The van der Waals surface area contributed by atoms with Crippen LogP contribution in [0.15, 0.2) is 24.3 Å². The molecule has 0 amide bonds. The van der Waals surface area contributed by atoms with Crippen LogP contribution in [0, 0.1) is 11.8 Å². The van der Waals surface area contributed by atoms with Crippen molar-refractivity contribution in [2.24, 2.45) is 11.8 Å². The van der Waals surface area contributed by atoms with Crippen LogP contribution >= 0.6 is 0 Å². The molecule has 3 heteroatoms. The molecule has 3 fully saturated rings. The SMILES string of the molecule is CC(C)C1CCC(N2[C@H]3CC[C@@H]2[C@H](Nc2ccccc2N)C3)CC1. The van der Waals surface area contributed by atoms with E-state index < -0.39 is 0 Å². The van der Waals surface area contributed by atoms with Crippen LogP contribution in [0.25, 0.3) is 0 Å². The molecule has 2 bridgehead atoms. The summed E-state index contributed by atoms with van der Waals surface area (Å²) >= 11 is 0. The molecule has 0 spiro atoms. The van der Waals surface area contributed by atoms with Gasteiger partial charge < -0.3 is 11.1 Å². The van der Waals surface area contributed by atoms with Gasteiger partial charge in [0.1, 0.15) is 0 Å². The zero-order valence-electron chi connectivity index (χ0n) is 15.2. The van der Waals surface area contributed by atoms with Gasteiger partial charge in [0.15, 0.2) is 0 Å². The number of benzene rings is 1. The van der Waals surface area contributed by atoms with Crippen LogP contribution in [0.5, 0.6) is 0 Å². The van der Waals surface area contributed by atoms with Crippen molar-refractivity contribution in [1.82, 2.24) is 4.90 Å². The summed E-state index contributed by atoms with van der Waals surface area (Å²) in [7, 11) is 0. The average Bonchev–Trinajstić information content (AvgIpc) is 3.14. The molecule has 132 valence electrons. The number of anilines is 2. The Morgan fingerprint density at radius 3 is 2.42 bits per heavy atom. The Hall–Kier alpha value is -1.22. The quantitative estimate of drug-likeness (QED) is 0.800. The van der Waals surface area contributed by atoms with Crippen molar-refractivity contribution in [1.29, 1.82) is 0 Å². The molecule has 3 N–H and O–H groups in total. The van der Waals surface area contributed by atoms with E-state index in [0.29, 0.717) is 6.04 Å². The van der Waals surface area contributed by atoms with E-state index >= 15 is 0 Å². The number of nitrogen functional groups attached to an aromatic ring is 1. The van der Waals surface area contributed by atoms with Gasteiger partial charge in [-0.1, -0.05) is 26.0 Å². The minimum atomic E-state index is 0.580. The normalized spacial score (nSPS) is 36.4. The van der Waals surface area contributed by atoms with E-state index in [2.05, 4.69) is 36.2 Å². The van der Waals surface area contributed by atoms with E-state index in [1.807, 2.05) is 12.1 Å². The van der Waals surface area contributed by atoms with E-state index in [4.69, 9.17) is 5.73 Å². The third kappa shape index (κ3) is 2.92. The first-order valence-electron chi connectivity index (χ1n) is 10.0. The van der Waals surface area contributed by atoms with Crippen molar-refractivity contribution >= 4 is 11.4 Å². The fourth-order valence-electron chi connectivity index (χ4n) is 5.65. The largest absolute Gasteiger partial charge is 0.397 e. The predicted molar refractivity (Wildman–Crippen MR) is 102 cm³/mol. The van der Waals surface area contributed by atoms with Gasteiger partial charge in [0.25, 0.3) is 0 Å². The monoisotopic (exact) mass is 327 g/mol. The van der Waals surface area contributed by atoms with Crippen LogP contribution < -0.4 is 11.1 Å². The second-order valence-corrected chi connectivity index (χ2v) is 8.63. The average molecular weight is 328 g/mol. The number of nitrogens with zero attached hydrogens (tertiary/aromatic N) is 1. The molecule has 1 aromatic rings. The summed E-state index contributed by atoms with van der Waals surface area (Å²) in [5.41, 5.74) is 8.14. The summed E-state index contributed by atoms with van der Waals surface area (Å²) in [6, 6.07) is 11.2. The van der Waals surface area contributed by atoms with Crippen molar-refractivity contribution in [3.63, 3.8) is 0 Å². The Morgan fingerprint density at radius 1 is 1.00 bits per heavy atom. The number of fused-ring (bicyclic) bond motifs is 2. The lowest BCUT2D eigenvalue weighted by Gasteiger charge is -2.39. The molecule has 1 saturated carbocycles. The molecule has 2 aliphatic heterocycles. The number of hydrogen-bond acceptors (Lipinski definition) is 3. The first-order valence-corrected chi connectivity index (χ1v) is 10.0. The number of rotatable bonds is 4. The van der Waals surface area contributed by atoms with E-state index in [1.54, 1.807) is 0 Å². The summed E-state index contributed by atoms with van der Waals surface area (Å²) in [6.45, 7) is 4.80. The van der Waals surface area contributed by atoms with Crippen LogP contribution in [0.1, 0.15) is 58.8 Å². The molecule has 4 rings (SSSR count). The molecule has 24 heavy (non-hydrogen) atoms. The number of para-hydroxylation sites is 2. The predicted octanol–water partition coefficient (Wildman–Crippen LogP) is 4.50. The molecule has 3 atom stereocenters. The van der Waals surface area contributed by atoms with Gasteiger partial charge in [0.2, 0.25) is 0 Å². The molecule has 0 radical (unpaired) electrons. The Kier molecular flexibility index (Phi) is 4.46. The van der Waals surface area contributed by atoms with Gasteiger partial charge in [-0.25, -0.2) is 0 Å². The summed E-state index contributed by atoms with van der Waals surface area (Å²) in [5, 5.41) is 3.77. The highest BCUT2D eigenvalue weighted by Gasteiger charge is 2.49. The fourth-order valence-corrected chi connectivity index (χ4v) is 5.65. The minimum Gasteiger partial charge on any atom is -0.397 e. The van der Waals surface area contributed by atoms with Gasteiger partial charge >= 0.3 is 0 Å². The van der Waals surface area contributed by atoms with Gasteiger partial charge in [0, 0.05) is 24.2 Å². The molecule has 1 aliphatic carbocycles. The summed E-state index contributed by atoms with van der Waals surface area (Å²) < 4.78 is 0. The van der Waals surface area contributed by atoms with Gasteiger partial charge in [-0.2, -0.15) is 0 Å². The lowest BCUT2D eigenvalue weighted by molar-refractivity contribution is 0.108. The van der Waals surface area contributed by atoms with Crippen molar-refractivity contribution in [3.8, 4) is 0 Å². The smallest absolute Gasteiger partial charge is 0.0576 e. The maximum absolute atomic E-state index is 6.14. The van der Waals surface area contributed by atoms with Gasteiger partial charge in [0.05, 0.1) is 11.4 Å². The highest BCUT2D eigenvalue weighted by molar-refractivity contribution is 5.66. The highest BCUT2D eigenvalue weighted by Crippen LogP contribution is 2.44. The number of hydrogen-bond donors (Lipinski definition) is 2. The summed E-state index contributed by atoms with van der Waals surface area (Å²) in [4.78, 5) is 2.91. The Morgan fingerprint density at radius 2 is 1.71 bits per heavy atom. The molecule has 2 heterocycles. The molecule has 2 saturated heterocycles. The van der Waals surface area contributed by atoms with E-state index in [-0.39, 0.29) is 0 Å². The van der Waals surface area contributed by atoms with Crippen molar-refractivity contribution < 1.29 is 0 Å². The van der Waals surface area contributed by atoms with E-state index in [1.165, 1.54) is 44.9 Å². The van der Waals surface area contributed by atoms with Crippen molar-refractivity contribution in [2.45, 2.75) is 83.0 Å². The molecule has 3 aliphatic rings. The molecule has 0 unspecified atom stereocenters. The van der Waals surface area contributed by atoms with Gasteiger partial charge in [-0.3, -0.25) is 4.90 Å². The van der Waals surface area contributed by atoms with Crippen LogP contribution in [0.2, 0.25) is 0 Å². The molecule has 1 aromatic carbocycles. The standard InChI is InChI=1S/C21H33N3/c1-14(2)15-7-9-16(10-8-15)24-17-11-12-21(24)20(13-17)23-19-6-4-3-5-18(19)22/h3-6,14-17,20-21,23H,7-13,22H2,1-2H3/t15?,16?,17-,20+,21+/m0/s1. The maximum Gasteiger partial charge on any atom is 0.0576 e. The zero-order valence-corrected chi connectivity index (χ0v) is 15.2. The highest BCUT2D eigenvalue weighted by atomic mass is 15.3. The number of nitrogens with one attached hydrogen (secondary N) is 1. The Balaban J connectivity index is 1.41. The molecular weight excluding hydrogens is 294 g/mol. The molecule has 3 nitrogen and oxygen atoms in total. The van der Waals surface area contributed by atoms with Crippen LogP contribution in [-0.4, -0.2) is 29.1 Å². The second kappa shape index (κ2) is 6.59. The Labute approximate surface area is 147 Å². The fraction of sp³-hybridized carbons (Fsp3) is 0.714. The Bertz CT molecular complexity index is 562. The lowest BCUT2D eigenvalue weighted by atomic mass is 9.79. The van der Waals surface area contributed by atoms with Crippen molar-refractivity contribution in [2.75, 3.05) is 11.1 Å². The zero-order chi connectivity index (χ0) is 16.7. The number of nitrogens with two attached hydrogens (primary N) is 1.